The number of primary amides is 1. The Balaban J connectivity index is 2.17. The molecule has 2 aromatic carbocycles. The van der Waals surface area contributed by atoms with E-state index >= 15 is 0 Å². The summed E-state index contributed by atoms with van der Waals surface area (Å²) in [6.07, 6.45) is 0.948. The van der Waals surface area contributed by atoms with Crippen LogP contribution in [0.1, 0.15) is 24.9 Å². The monoisotopic (exact) mass is 347 g/mol. The lowest BCUT2D eigenvalue weighted by atomic mass is 10.0. The molecular weight excluding hydrogens is 330 g/mol. The van der Waals surface area contributed by atoms with Gasteiger partial charge in [0, 0.05) is 15.8 Å². The molecule has 21 heavy (non-hydrogen) atoms. The van der Waals surface area contributed by atoms with E-state index in [1.54, 1.807) is 6.07 Å². The number of carbonyl (C=O) groups excluding carboxylic acids is 1. The van der Waals surface area contributed by atoms with E-state index in [1.807, 2.05) is 30.3 Å². The molecule has 0 bridgehead atoms. The Morgan fingerprint density at radius 1 is 1.19 bits per heavy atom. The number of hydrogen-bond acceptors (Lipinski definition) is 2. The molecule has 0 aromatic heterocycles. The van der Waals surface area contributed by atoms with Crippen LogP contribution in [-0.4, -0.2) is 6.03 Å². The predicted molar refractivity (Wildman–Crippen MR) is 90.4 cm³/mol. The highest BCUT2D eigenvalue weighted by Gasteiger charge is 2.09. The lowest BCUT2D eigenvalue weighted by Gasteiger charge is -2.19. The minimum Gasteiger partial charge on any atom is -0.378 e. The average Bonchev–Trinajstić information content (AvgIpc) is 2.44. The van der Waals surface area contributed by atoms with Gasteiger partial charge < -0.3 is 16.4 Å². The minimum atomic E-state index is -0.564. The maximum Gasteiger partial charge on any atom is 0.316 e. The molecule has 0 aliphatic rings. The Morgan fingerprint density at radius 2 is 1.90 bits per heavy atom. The summed E-state index contributed by atoms with van der Waals surface area (Å²) in [4.78, 5) is 10.9. The Labute approximate surface area is 132 Å². The highest BCUT2D eigenvalue weighted by molar-refractivity contribution is 9.10. The Bertz CT molecular complexity index is 630. The summed E-state index contributed by atoms with van der Waals surface area (Å²) in [6.45, 7) is 2.13. The van der Waals surface area contributed by atoms with E-state index in [1.165, 1.54) is 5.56 Å². The number of benzene rings is 2. The molecule has 0 spiro atoms. The van der Waals surface area contributed by atoms with E-state index in [0.717, 1.165) is 16.6 Å². The quantitative estimate of drug-likeness (QED) is 0.745. The summed E-state index contributed by atoms with van der Waals surface area (Å²) >= 11 is 3.49. The standard InChI is InChI=1S/C16H18BrN3O/c1-2-15(11-5-3-6-12(17)9-11)19-13-7-4-8-14(10-13)20-16(18)21/h3-10,15,19H,2H2,1H3,(H3,18,20,21). The lowest BCUT2D eigenvalue weighted by molar-refractivity contribution is 0.259. The second-order valence-corrected chi connectivity index (χ2v) is 5.65. The summed E-state index contributed by atoms with van der Waals surface area (Å²) < 4.78 is 1.06. The van der Waals surface area contributed by atoms with Crippen LogP contribution >= 0.6 is 15.9 Å². The van der Waals surface area contributed by atoms with Gasteiger partial charge in [-0.25, -0.2) is 4.79 Å². The van der Waals surface area contributed by atoms with Crippen LogP contribution in [0, 0.1) is 0 Å². The third-order valence-electron chi connectivity index (χ3n) is 3.13. The van der Waals surface area contributed by atoms with Crippen LogP contribution in [0.3, 0.4) is 0 Å². The van der Waals surface area contributed by atoms with Gasteiger partial charge >= 0.3 is 6.03 Å². The molecule has 0 saturated heterocycles. The fourth-order valence-corrected chi connectivity index (χ4v) is 2.59. The van der Waals surface area contributed by atoms with Gasteiger partial charge in [0.15, 0.2) is 0 Å². The Hall–Kier alpha value is -2.01. The summed E-state index contributed by atoms with van der Waals surface area (Å²) in [5.41, 5.74) is 7.96. The highest BCUT2D eigenvalue weighted by Crippen LogP contribution is 2.26. The zero-order valence-electron chi connectivity index (χ0n) is 11.8. The van der Waals surface area contributed by atoms with Crippen molar-refractivity contribution in [3.05, 3.63) is 58.6 Å². The Morgan fingerprint density at radius 3 is 2.57 bits per heavy atom. The first-order chi connectivity index (χ1) is 10.1. The molecule has 0 saturated carbocycles. The van der Waals surface area contributed by atoms with Gasteiger partial charge in [0.25, 0.3) is 0 Å². The van der Waals surface area contributed by atoms with E-state index in [4.69, 9.17) is 5.73 Å². The molecule has 0 fully saturated rings. The molecule has 2 aromatic rings. The second-order valence-electron chi connectivity index (χ2n) is 4.73. The van der Waals surface area contributed by atoms with Gasteiger partial charge in [0.05, 0.1) is 6.04 Å². The molecule has 0 heterocycles. The van der Waals surface area contributed by atoms with E-state index in [9.17, 15) is 4.79 Å². The van der Waals surface area contributed by atoms with Crippen molar-refractivity contribution >= 4 is 33.3 Å². The number of anilines is 2. The second kappa shape index (κ2) is 7.13. The largest absolute Gasteiger partial charge is 0.378 e. The summed E-state index contributed by atoms with van der Waals surface area (Å²) in [7, 11) is 0. The molecule has 0 aliphatic heterocycles. The van der Waals surface area contributed by atoms with E-state index in [2.05, 4.69) is 45.6 Å². The third-order valence-corrected chi connectivity index (χ3v) is 3.62. The maximum atomic E-state index is 10.9. The Kier molecular flexibility index (Phi) is 5.22. The first-order valence-corrected chi connectivity index (χ1v) is 7.56. The topological polar surface area (TPSA) is 67.2 Å². The first kappa shape index (κ1) is 15.4. The van der Waals surface area contributed by atoms with Gasteiger partial charge in [-0.2, -0.15) is 0 Å². The van der Waals surface area contributed by atoms with Crippen molar-refractivity contribution < 1.29 is 4.79 Å². The molecule has 4 N–H and O–H groups in total. The molecular formula is C16H18BrN3O. The predicted octanol–water partition coefficient (Wildman–Crippen LogP) is 4.50. The first-order valence-electron chi connectivity index (χ1n) is 6.77. The van der Waals surface area contributed by atoms with Crippen LogP contribution in [0.15, 0.2) is 53.0 Å². The van der Waals surface area contributed by atoms with Crippen molar-refractivity contribution in [3.8, 4) is 0 Å². The maximum absolute atomic E-state index is 10.9. The van der Waals surface area contributed by atoms with Crippen molar-refractivity contribution in [1.29, 1.82) is 0 Å². The number of halogens is 1. The number of carbonyl (C=O) groups is 1. The van der Waals surface area contributed by atoms with Gasteiger partial charge in [-0.05, 0) is 42.3 Å². The number of nitrogens with two attached hydrogens (primary N) is 1. The van der Waals surface area contributed by atoms with Crippen LogP contribution in [0.5, 0.6) is 0 Å². The van der Waals surface area contributed by atoms with E-state index < -0.39 is 6.03 Å². The zero-order chi connectivity index (χ0) is 15.2. The van der Waals surface area contributed by atoms with Gasteiger partial charge in [-0.1, -0.05) is 41.1 Å². The van der Waals surface area contributed by atoms with Crippen LogP contribution in [0.2, 0.25) is 0 Å². The minimum absolute atomic E-state index is 0.200. The molecule has 1 unspecified atom stereocenters. The number of amides is 2. The SMILES string of the molecule is CCC(Nc1cccc(NC(N)=O)c1)c1cccc(Br)c1. The number of rotatable bonds is 5. The molecule has 110 valence electrons. The zero-order valence-corrected chi connectivity index (χ0v) is 13.4. The molecule has 2 rings (SSSR count). The summed E-state index contributed by atoms with van der Waals surface area (Å²) in [5, 5.41) is 6.05. The summed E-state index contributed by atoms with van der Waals surface area (Å²) in [5.74, 6) is 0. The fraction of sp³-hybridized carbons (Fsp3) is 0.188. The fourth-order valence-electron chi connectivity index (χ4n) is 2.17. The van der Waals surface area contributed by atoms with E-state index in [0.29, 0.717) is 5.69 Å². The molecule has 0 radical (unpaired) electrons. The average molecular weight is 348 g/mol. The molecule has 2 amide bonds. The lowest BCUT2D eigenvalue weighted by Crippen LogP contribution is -2.19. The normalized spacial score (nSPS) is 11.7. The van der Waals surface area contributed by atoms with Gasteiger partial charge in [0.2, 0.25) is 0 Å². The van der Waals surface area contributed by atoms with Gasteiger partial charge in [-0.3, -0.25) is 0 Å². The van der Waals surface area contributed by atoms with Crippen LogP contribution in [0.4, 0.5) is 16.2 Å². The van der Waals surface area contributed by atoms with Crippen LogP contribution in [-0.2, 0) is 0 Å². The van der Waals surface area contributed by atoms with Gasteiger partial charge in [-0.15, -0.1) is 0 Å². The number of hydrogen-bond donors (Lipinski definition) is 3. The molecule has 4 nitrogen and oxygen atoms in total. The van der Waals surface area contributed by atoms with Crippen molar-refractivity contribution in [2.24, 2.45) is 5.73 Å². The molecule has 1 atom stereocenters. The van der Waals surface area contributed by atoms with Crippen molar-refractivity contribution in [1.82, 2.24) is 0 Å². The van der Waals surface area contributed by atoms with Crippen molar-refractivity contribution in [2.75, 3.05) is 10.6 Å². The van der Waals surface area contributed by atoms with Crippen LogP contribution in [0.25, 0.3) is 0 Å². The third kappa shape index (κ3) is 4.49. The van der Waals surface area contributed by atoms with Gasteiger partial charge in [0.1, 0.15) is 0 Å². The van der Waals surface area contributed by atoms with E-state index in [-0.39, 0.29) is 6.04 Å². The smallest absolute Gasteiger partial charge is 0.316 e. The molecule has 0 aliphatic carbocycles. The van der Waals surface area contributed by atoms with Crippen molar-refractivity contribution in [2.45, 2.75) is 19.4 Å². The molecule has 5 heteroatoms. The van der Waals surface area contributed by atoms with Crippen molar-refractivity contribution in [3.63, 3.8) is 0 Å². The van der Waals surface area contributed by atoms with Crippen LogP contribution < -0.4 is 16.4 Å². The summed E-state index contributed by atoms with van der Waals surface area (Å²) in [6, 6.07) is 15.4. The number of nitrogens with one attached hydrogen (secondary N) is 2. The number of urea groups is 1. The highest BCUT2D eigenvalue weighted by atomic mass is 79.9.